The number of H-pyrrole nitrogens is 1. The predicted molar refractivity (Wildman–Crippen MR) is 159 cm³/mol. The van der Waals surface area contributed by atoms with E-state index in [-0.39, 0.29) is 11.1 Å². The van der Waals surface area contributed by atoms with Gasteiger partial charge in [-0.15, -0.1) is 0 Å². The van der Waals surface area contributed by atoms with Gasteiger partial charge in [0.25, 0.3) is 5.56 Å². The first kappa shape index (κ1) is 26.0. The zero-order valence-electron chi connectivity index (χ0n) is 23.1. The van der Waals surface area contributed by atoms with Crippen LogP contribution in [0.15, 0.2) is 47.5 Å². The molecule has 10 nitrogen and oxygen atoms in total. The second-order valence-electron chi connectivity index (χ2n) is 11.2. The molecule has 42 heavy (non-hydrogen) atoms. The minimum Gasteiger partial charge on any atom is -0.477 e. The van der Waals surface area contributed by atoms with Crippen molar-refractivity contribution in [2.45, 2.75) is 18.9 Å². The molecule has 11 heteroatoms. The molecular weight excluding hydrogens is 537 g/mol. The van der Waals surface area contributed by atoms with Crippen molar-refractivity contribution in [3.63, 3.8) is 0 Å². The minimum absolute atomic E-state index is 0.0656. The van der Waals surface area contributed by atoms with E-state index in [4.69, 9.17) is 4.98 Å². The van der Waals surface area contributed by atoms with Crippen LogP contribution in [0.1, 0.15) is 28.8 Å². The number of halogens is 1. The van der Waals surface area contributed by atoms with Gasteiger partial charge < -0.3 is 25.2 Å². The Morgan fingerprint density at radius 2 is 2.00 bits per heavy atom. The number of likely N-dealkylation sites (tertiary alicyclic amines) is 1. The van der Waals surface area contributed by atoms with Crippen molar-refractivity contribution in [2.75, 3.05) is 43.9 Å². The van der Waals surface area contributed by atoms with Crippen molar-refractivity contribution in [3.8, 4) is 17.2 Å². The first-order chi connectivity index (χ1) is 20.3. The quantitative estimate of drug-likeness (QED) is 0.295. The van der Waals surface area contributed by atoms with E-state index in [9.17, 15) is 20.0 Å². The number of hydrogen-bond acceptors (Lipinski definition) is 7. The van der Waals surface area contributed by atoms with Crippen LogP contribution in [0.3, 0.4) is 0 Å². The lowest BCUT2D eigenvalue weighted by Crippen LogP contribution is -2.47. The fourth-order valence-electron chi connectivity index (χ4n) is 6.90. The zero-order chi connectivity index (χ0) is 29.3. The topological polar surface area (TPSA) is 130 Å². The number of aromatic nitrogens is 3. The number of likely N-dealkylation sites (N-methyl/N-ethyl adjacent to an activating group) is 1. The van der Waals surface area contributed by atoms with Crippen molar-refractivity contribution in [1.82, 2.24) is 19.3 Å². The van der Waals surface area contributed by atoms with Crippen LogP contribution < -0.4 is 15.8 Å². The molecule has 2 aliphatic rings. The molecule has 3 N–H and O–H groups in total. The molecule has 6 heterocycles. The number of pyridine rings is 3. The molecule has 2 atom stereocenters. The average Bonchev–Trinajstić information content (AvgIpc) is 3.56. The van der Waals surface area contributed by atoms with Gasteiger partial charge in [-0.3, -0.25) is 9.20 Å². The van der Waals surface area contributed by atoms with Gasteiger partial charge in [0.15, 0.2) is 0 Å². The van der Waals surface area contributed by atoms with Gasteiger partial charge in [0.1, 0.15) is 23.1 Å². The predicted octanol–water partition coefficient (Wildman–Crippen LogP) is 4.28. The van der Waals surface area contributed by atoms with Crippen LogP contribution in [0.25, 0.3) is 38.6 Å². The smallest absolute Gasteiger partial charge is 0.341 e. The first-order valence-corrected chi connectivity index (χ1v) is 13.9. The molecule has 212 valence electrons. The molecule has 0 radical (unpaired) electrons. The van der Waals surface area contributed by atoms with E-state index in [2.05, 4.69) is 33.2 Å². The third kappa shape index (κ3) is 3.75. The van der Waals surface area contributed by atoms with Crippen molar-refractivity contribution >= 4 is 44.8 Å². The number of nitriles is 1. The maximum atomic E-state index is 15.3. The monoisotopic (exact) mass is 565 g/mol. The molecule has 7 rings (SSSR count). The molecule has 5 aromatic rings. The number of piperidine rings is 1. The Kier molecular flexibility index (Phi) is 5.92. The number of carboxylic acid groups (broad SMARTS) is 1. The highest BCUT2D eigenvalue weighted by atomic mass is 19.1. The lowest BCUT2D eigenvalue weighted by Gasteiger charge is -2.39. The summed E-state index contributed by atoms with van der Waals surface area (Å²) in [5.74, 6) is -1.33. The van der Waals surface area contributed by atoms with Gasteiger partial charge in [0.2, 0.25) is 0 Å². The molecule has 2 aliphatic heterocycles. The maximum Gasteiger partial charge on any atom is 0.341 e. The molecule has 0 amide bonds. The van der Waals surface area contributed by atoms with Gasteiger partial charge in [0, 0.05) is 66.7 Å². The third-order valence-corrected chi connectivity index (χ3v) is 9.05. The Bertz CT molecular complexity index is 2040. The van der Waals surface area contributed by atoms with E-state index in [0.717, 1.165) is 38.2 Å². The summed E-state index contributed by atoms with van der Waals surface area (Å²) < 4.78 is 16.6. The standard InChI is InChI=1S/C31H28FN7O3/c1-34-23-11-22(32)20(12-33)25-26-28(38-10-8-16-7-9-37(2)24(16)15-38)21(13-35-29(26)36-27(23)25)17-3-4-18-5-6-19(31(41)42)30(40)39(18)14-17/h3-6,11,13-14,16,24,34H,7-10,15H2,1-2H3,(H,35,36)(H,41,42)/t16?,24-/m0/s1. The number of hydrogen-bond donors (Lipinski definition) is 3. The summed E-state index contributed by atoms with van der Waals surface area (Å²) in [4.78, 5) is 37.5. The normalized spacial score (nSPS) is 19.0. The highest BCUT2D eigenvalue weighted by Gasteiger charge is 2.38. The second-order valence-corrected chi connectivity index (χ2v) is 11.2. The zero-order valence-corrected chi connectivity index (χ0v) is 23.1. The Morgan fingerprint density at radius 1 is 1.21 bits per heavy atom. The van der Waals surface area contributed by atoms with Crippen molar-refractivity contribution in [2.24, 2.45) is 5.92 Å². The fraction of sp³-hybridized carbons (Fsp3) is 0.290. The summed E-state index contributed by atoms with van der Waals surface area (Å²) >= 11 is 0. The molecule has 2 fully saturated rings. The van der Waals surface area contributed by atoms with Crippen LogP contribution in [-0.2, 0) is 0 Å². The Hall–Kier alpha value is -4.95. The van der Waals surface area contributed by atoms with Crippen LogP contribution in [0.4, 0.5) is 15.8 Å². The summed E-state index contributed by atoms with van der Waals surface area (Å²) in [6.07, 6.45) is 5.49. The lowest BCUT2D eigenvalue weighted by molar-refractivity contribution is 0.0694. The molecule has 0 saturated carbocycles. The van der Waals surface area contributed by atoms with Gasteiger partial charge in [-0.05, 0) is 50.6 Å². The fourth-order valence-corrected chi connectivity index (χ4v) is 6.90. The molecule has 0 bridgehead atoms. The number of nitrogens with one attached hydrogen (secondary N) is 2. The number of carbonyl (C=O) groups is 1. The average molecular weight is 566 g/mol. The van der Waals surface area contributed by atoms with Crippen molar-refractivity contribution in [1.29, 1.82) is 5.26 Å². The number of carboxylic acids is 1. The summed E-state index contributed by atoms with van der Waals surface area (Å²) in [7, 11) is 3.84. The molecule has 0 aliphatic carbocycles. The molecule has 1 aromatic carbocycles. The SMILES string of the molecule is CNc1cc(F)c(C#N)c2c1[nH]c1ncc(-c3ccc4ccc(C(=O)O)c(=O)n4c3)c(N3CCC4CCN(C)[C@H]4C3)c12. The number of fused-ring (bicyclic) bond motifs is 5. The lowest BCUT2D eigenvalue weighted by atomic mass is 9.90. The molecule has 0 spiro atoms. The highest BCUT2D eigenvalue weighted by molar-refractivity contribution is 6.19. The van der Waals surface area contributed by atoms with Gasteiger partial charge in [-0.2, -0.15) is 5.26 Å². The highest BCUT2D eigenvalue weighted by Crippen LogP contribution is 2.45. The van der Waals surface area contributed by atoms with Crippen LogP contribution in [-0.4, -0.2) is 70.1 Å². The Morgan fingerprint density at radius 3 is 2.76 bits per heavy atom. The Balaban J connectivity index is 1.55. The van der Waals surface area contributed by atoms with E-state index in [1.165, 1.54) is 16.5 Å². The van der Waals surface area contributed by atoms with Gasteiger partial charge in [0.05, 0.1) is 27.8 Å². The minimum atomic E-state index is -1.29. The number of rotatable bonds is 4. The van der Waals surface area contributed by atoms with Crippen LogP contribution in [0, 0.1) is 23.1 Å². The van der Waals surface area contributed by atoms with Gasteiger partial charge >= 0.3 is 5.97 Å². The number of benzene rings is 1. The van der Waals surface area contributed by atoms with Crippen LogP contribution in [0.2, 0.25) is 0 Å². The summed E-state index contributed by atoms with van der Waals surface area (Å²) in [5, 5.41) is 23.7. The summed E-state index contributed by atoms with van der Waals surface area (Å²) in [6, 6.07) is 10.3. The van der Waals surface area contributed by atoms with Crippen LogP contribution in [0.5, 0.6) is 0 Å². The first-order valence-electron chi connectivity index (χ1n) is 13.9. The van der Waals surface area contributed by atoms with Gasteiger partial charge in [-0.1, -0.05) is 6.07 Å². The largest absolute Gasteiger partial charge is 0.477 e. The third-order valence-electron chi connectivity index (χ3n) is 9.05. The number of aromatic carboxylic acids is 1. The van der Waals surface area contributed by atoms with Crippen molar-refractivity contribution in [3.05, 3.63) is 70.0 Å². The van der Waals surface area contributed by atoms with E-state index >= 15 is 4.39 Å². The molecule has 2 saturated heterocycles. The van der Waals surface area contributed by atoms with Gasteiger partial charge in [-0.25, -0.2) is 14.2 Å². The molecule has 4 aromatic heterocycles. The van der Waals surface area contributed by atoms with Crippen LogP contribution >= 0.6 is 0 Å². The maximum absolute atomic E-state index is 15.3. The summed E-state index contributed by atoms with van der Waals surface area (Å²) in [6.45, 7) is 2.54. The number of aromatic amines is 1. The van der Waals surface area contributed by atoms with E-state index in [1.54, 1.807) is 31.6 Å². The van der Waals surface area contributed by atoms with E-state index < -0.39 is 17.3 Å². The van der Waals surface area contributed by atoms with Crippen molar-refractivity contribution < 1.29 is 14.3 Å². The molecular formula is C31H28FN7O3. The van der Waals surface area contributed by atoms with E-state index in [0.29, 0.717) is 56.2 Å². The number of nitrogens with zero attached hydrogens (tertiary/aromatic N) is 5. The Labute approximate surface area is 239 Å². The molecule has 1 unspecified atom stereocenters. The number of anilines is 2. The second kappa shape index (κ2) is 9.56. The van der Waals surface area contributed by atoms with E-state index in [1.807, 2.05) is 6.07 Å². The summed E-state index contributed by atoms with van der Waals surface area (Å²) in [5.41, 5.74) is 3.31.